The minimum absolute atomic E-state index is 0.0787. The smallest absolute Gasteiger partial charge is 0.164 e. The van der Waals surface area contributed by atoms with E-state index in [2.05, 4.69) is 6.92 Å². The van der Waals surface area contributed by atoms with Crippen molar-refractivity contribution in [1.82, 2.24) is 0 Å². The molecule has 0 radical (unpaired) electrons. The van der Waals surface area contributed by atoms with Crippen LogP contribution in [-0.4, -0.2) is 37.5 Å². The Kier molecular flexibility index (Phi) is 14.3. The van der Waals surface area contributed by atoms with Gasteiger partial charge in [0.25, 0.3) is 0 Å². The van der Waals surface area contributed by atoms with Gasteiger partial charge >= 0.3 is 0 Å². The topological polar surface area (TPSA) is 47.9 Å². The van der Waals surface area contributed by atoms with E-state index in [1.165, 1.54) is 7.11 Å². The van der Waals surface area contributed by atoms with Gasteiger partial charge in [0.05, 0.1) is 6.10 Å². The first-order chi connectivity index (χ1) is 9.05. The summed E-state index contributed by atoms with van der Waals surface area (Å²) in [5.41, 5.74) is 0. The van der Waals surface area contributed by atoms with Crippen LogP contribution in [0.3, 0.4) is 0 Å². The summed E-state index contributed by atoms with van der Waals surface area (Å²) in [4.78, 5) is 0. The molecule has 0 aromatic carbocycles. The van der Waals surface area contributed by atoms with Gasteiger partial charge in [-0.3, -0.25) is 0 Å². The Morgan fingerprint density at radius 2 is 1.63 bits per heavy atom. The van der Waals surface area contributed by atoms with Gasteiger partial charge in [0.2, 0.25) is 0 Å². The van der Waals surface area contributed by atoms with Gasteiger partial charge in [-0.05, 0) is 25.7 Å². The van der Waals surface area contributed by atoms with Crippen LogP contribution in [0, 0.1) is 0 Å². The van der Waals surface area contributed by atoms with Crippen LogP contribution < -0.4 is 0 Å². The van der Waals surface area contributed by atoms with Crippen molar-refractivity contribution >= 4 is 0 Å². The second kappa shape index (κ2) is 12.9. The van der Waals surface area contributed by atoms with E-state index in [4.69, 9.17) is 14.2 Å². The second-order valence-corrected chi connectivity index (χ2v) is 4.27. The number of aliphatic hydroxyl groups is 1. The minimum atomic E-state index is -0.875. The molecule has 1 N–H and O–H groups in total. The van der Waals surface area contributed by atoms with Crippen molar-refractivity contribution in [1.29, 1.82) is 0 Å². The molecule has 0 aromatic heterocycles. The fourth-order valence-corrected chi connectivity index (χ4v) is 1.69. The zero-order chi connectivity index (χ0) is 15.3. The first-order valence-corrected chi connectivity index (χ1v) is 7.50. The molecule has 0 bridgehead atoms. The normalized spacial score (nSPS) is 22.1. The van der Waals surface area contributed by atoms with E-state index in [0.29, 0.717) is 18.9 Å². The molecule has 19 heavy (non-hydrogen) atoms. The number of rotatable bonds is 5. The number of methoxy groups -OCH3 is 2. The van der Waals surface area contributed by atoms with Crippen LogP contribution in [0.15, 0.2) is 0 Å². The van der Waals surface area contributed by atoms with Gasteiger partial charge in [0, 0.05) is 20.6 Å². The Morgan fingerprint density at radius 3 is 1.79 bits per heavy atom. The van der Waals surface area contributed by atoms with Crippen molar-refractivity contribution in [3.8, 4) is 0 Å². The molecule has 1 saturated heterocycles. The SMILES string of the molecule is CC.CCC(O)(CC)OC.CCC1CCC(OC)O1. The molecule has 1 aliphatic rings. The monoisotopic (exact) mass is 278 g/mol. The van der Waals surface area contributed by atoms with Gasteiger partial charge in [0.1, 0.15) is 0 Å². The van der Waals surface area contributed by atoms with Crippen molar-refractivity contribution in [3.05, 3.63) is 0 Å². The summed E-state index contributed by atoms with van der Waals surface area (Å²) in [5.74, 6) is -0.875. The Labute approximate surface area is 119 Å². The summed E-state index contributed by atoms with van der Waals surface area (Å²) in [7, 11) is 3.22. The molecule has 2 atom stereocenters. The predicted octanol–water partition coefficient (Wildman–Crippen LogP) is 3.72. The van der Waals surface area contributed by atoms with Gasteiger partial charge in [-0.15, -0.1) is 0 Å². The molecule has 1 rings (SSSR count). The van der Waals surface area contributed by atoms with Gasteiger partial charge in [-0.2, -0.15) is 0 Å². The van der Waals surface area contributed by atoms with E-state index in [9.17, 15) is 5.11 Å². The highest BCUT2D eigenvalue weighted by Gasteiger charge is 2.22. The van der Waals surface area contributed by atoms with Crippen molar-refractivity contribution in [2.75, 3.05) is 14.2 Å². The van der Waals surface area contributed by atoms with Crippen molar-refractivity contribution < 1.29 is 19.3 Å². The molecular formula is C15H34O4. The third-order valence-corrected chi connectivity index (χ3v) is 3.27. The zero-order valence-electron chi connectivity index (χ0n) is 13.9. The van der Waals surface area contributed by atoms with Crippen LogP contribution in [0.4, 0.5) is 0 Å². The van der Waals surface area contributed by atoms with Crippen LogP contribution in [0.2, 0.25) is 0 Å². The highest BCUT2D eigenvalue weighted by atomic mass is 16.7. The quantitative estimate of drug-likeness (QED) is 0.779. The molecule has 0 amide bonds. The maximum Gasteiger partial charge on any atom is 0.164 e. The number of hydrogen-bond donors (Lipinski definition) is 1. The summed E-state index contributed by atoms with van der Waals surface area (Å²) < 4.78 is 15.3. The molecule has 1 fully saturated rings. The Balaban J connectivity index is 0. The van der Waals surface area contributed by atoms with Crippen molar-refractivity contribution in [2.45, 2.75) is 84.9 Å². The first-order valence-electron chi connectivity index (χ1n) is 7.50. The average molecular weight is 278 g/mol. The largest absolute Gasteiger partial charge is 0.365 e. The summed E-state index contributed by atoms with van der Waals surface area (Å²) in [6.07, 6.45) is 5.18. The number of ether oxygens (including phenoxy) is 3. The third-order valence-electron chi connectivity index (χ3n) is 3.27. The van der Waals surface area contributed by atoms with E-state index >= 15 is 0 Å². The lowest BCUT2D eigenvalue weighted by atomic mass is 10.1. The Hall–Kier alpha value is -0.160. The lowest BCUT2D eigenvalue weighted by molar-refractivity contribution is -0.188. The first kappa shape index (κ1) is 21.1. The maximum absolute atomic E-state index is 9.22. The summed E-state index contributed by atoms with van der Waals surface area (Å²) in [5, 5.41) is 9.22. The van der Waals surface area contributed by atoms with Crippen LogP contribution in [0.25, 0.3) is 0 Å². The molecule has 0 spiro atoms. The van der Waals surface area contributed by atoms with E-state index in [1.807, 2.05) is 27.7 Å². The highest BCUT2D eigenvalue weighted by Crippen LogP contribution is 2.21. The number of hydrogen-bond acceptors (Lipinski definition) is 4. The summed E-state index contributed by atoms with van der Waals surface area (Å²) >= 11 is 0. The minimum Gasteiger partial charge on any atom is -0.365 e. The van der Waals surface area contributed by atoms with E-state index < -0.39 is 5.79 Å². The van der Waals surface area contributed by atoms with E-state index in [1.54, 1.807) is 7.11 Å². The van der Waals surface area contributed by atoms with E-state index in [-0.39, 0.29) is 6.29 Å². The van der Waals surface area contributed by atoms with Crippen molar-refractivity contribution in [3.63, 3.8) is 0 Å². The Morgan fingerprint density at radius 1 is 1.11 bits per heavy atom. The molecule has 4 nitrogen and oxygen atoms in total. The summed E-state index contributed by atoms with van der Waals surface area (Å²) in [6.45, 7) is 9.93. The zero-order valence-corrected chi connectivity index (χ0v) is 13.9. The van der Waals surface area contributed by atoms with E-state index in [0.717, 1.165) is 19.3 Å². The molecule has 1 heterocycles. The molecule has 118 valence electrons. The molecule has 0 saturated carbocycles. The lowest BCUT2D eigenvalue weighted by Gasteiger charge is -2.22. The van der Waals surface area contributed by atoms with Gasteiger partial charge in [-0.25, -0.2) is 0 Å². The van der Waals surface area contributed by atoms with Crippen LogP contribution >= 0.6 is 0 Å². The van der Waals surface area contributed by atoms with Gasteiger partial charge in [0.15, 0.2) is 12.1 Å². The average Bonchev–Trinajstić information content (AvgIpc) is 2.97. The molecular weight excluding hydrogens is 244 g/mol. The molecule has 2 unspecified atom stereocenters. The Bertz CT molecular complexity index is 163. The van der Waals surface area contributed by atoms with Crippen LogP contribution in [0.5, 0.6) is 0 Å². The van der Waals surface area contributed by atoms with Gasteiger partial charge in [-0.1, -0.05) is 34.6 Å². The highest BCUT2D eigenvalue weighted by molar-refractivity contribution is 4.65. The fraction of sp³-hybridized carbons (Fsp3) is 1.00. The molecule has 4 heteroatoms. The molecule has 0 aliphatic carbocycles. The lowest BCUT2D eigenvalue weighted by Crippen LogP contribution is -2.28. The van der Waals surface area contributed by atoms with Crippen LogP contribution in [-0.2, 0) is 14.2 Å². The standard InChI is InChI=1S/C7H14O2.C6H14O2.C2H6/c1-3-6-4-5-7(8-2)9-6;1-4-6(7,5-2)8-3;1-2/h6-7H,3-5H2,1-2H3;7H,4-5H2,1-3H3;1-2H3. The van der Waals surface area contributed by atoms with Gasteiger partial charge < -0.3 is 19.3 Å². The maximum atomic E-state index is 9.22. The van der Waals surface area contributed by atoms with Crippen LogP contribution in [0.1, 0.15) is 66.7 Å². The summed E-state index contributed by atoms with van der Waals surface area (Å²) in [6, 6.07) is 0. The molecule has 1 aliphatic heterocycles. The second-order valence-electron chi connectivity index (χ2n) is 4.27. The van der Waals surface area contributed by atoms with Crippen molar-refractivity contribution in [2.24, 2.45) is 0 Å². The predicted molar refractivity (Wildman–Crippen MR) is 79.1 cm³/mol. The molecule has 0 aromatic rings. The third kappa shape index (κ3) is 9.38. The fourth-order valence-electron chi connectivity index (χ4n) is 1.69.